The zero-order valence-corrected chi connectivity index (χ0v) is 10.6. The van der Waals surface area contributed by atoms with E-state index in [2.05, 4.69) is 20.8 Å². The molecule has 1 N–H and O–H groups in total. The largest absolute Gasteiger partial charge is 0.396 e. The SMILES string of the molecule is OCC1CCN(Cc2ccc(Br)c(F)c2)C1. The Morgan fingerprint density at radius 3 is 2.94 bits per heavy atom. The van der Waals surface area contributed by atoms with Crippen LogP contribution >= 0.6 is 15.9 Å². The summed E-state index contributed by atoms with van der Waals surface area (Å²) in [5.41, 5.74) is 0.985. The van der Waals surface area contributed by atoms with Gasteiger partial charge < -0.3 is 5.11 Å². The molecule has 1 heterocycles. The van der Waals surface area contributed by atoms with Gasteiger partial charge in [-0.3, -0.25) is 4.90 Å². The van der Waals surface area contributed by atoms with Crippen LogP contribution < -0.4 is 0 Å². The molecule has 1 unspecified atom stereocenters. The second-order valence-corrected chi connectivity index (χ2v) is 5.18. The van der Waals surface area contributed by atoms with Crippen molar-refractivity contribution in [2.24, 2.45) is 5.92 Å². The molecule has 0 spiro atoms. The molecule has 2 rings (SSSR count). The molecular formula is C12H15BrFNO. The number of aliphatic hydroxyl groups excluding tert-OH is 1. The molecule has 1 aromatic rings. The average molecular weight is 288 g/mol. The van der Waals surface area contributed by atoms with E-state index in [1.807, 2.05) is 6.07 Å². The fourth-order valence-corrected chi connectivity index (χ4v) is 2.35. The van der Waals surface area contributed by atoms with E-state index in [1.165, 1.54) is 0 Å². The lowest BCUT2D eigenvalue weighted by Gasteiger charge is -2.15. The van der Waals surface area contributed by atoms with Gasteiger partial charge >= 0.3 is 0 Å². The van der Waals surface area contributed by atoms with Gasteiger partial charge in [0.25, 0.3) is 0 Å². The first-order chi connectivity index (χ1) is 7.69. The van der Waals surface area contributed by atoms with E-state index >= 15 is 0 Å². The number of likely N-dealkylation sites (tertiary alicyclic amines) is 1. The van der Waals surface area contributed by atoms with E-state index in [9.17, 15) is 4.39 Å². The van der Waals surface area contributed by atoms with Gasteiger partial charge in [0.2, 0.25) is 0 Å². The standard InChI is InChI=1S/C12H15BrFNO/c13-11-2-1-9(5-12(11)14)6-15-4-3-10(7-15)8-16/h1-2,5,10,16H,3-4,6-8H2. The second-order valence-electron chi connectivity index (χ2n) is 4.32. The number of nitrogens with zero attached hydrogens (tertiary/aromatic N) is 1. The highest BCUT2D eigenvalue weighted by Gasteiger charge is 2.21. The molecular weight excluding hydrogens is 273 g/mol. The molecule has 1 fully saturated rings. The van der Waals surface area contributed by atoms with Gasteiger partial charge in [-0.25, -0.2) is 4.39 Å². The van der Waals surface area contributed by atoms with Crippen molar-refractivity contribution in [2.75, 3.05) is 19.7 Å². The Balaban J connectivity index is 1.97. The van der Waals surface area contributed by atoms with Crippen molar-refractivity contribution in [3.05, 3.63) is 34.1 Å². The van der Waals surface area contributed by atoms with E-state index < -0.39 is 0 Å². The Labute approximate surface area is 103 Å². The number of benzene rings is 1. The zero-order chi connectivity index (χ0) is 11.5. The van der Waals surface area contributed by atoms with E-state index in [0.29, 0.717) is 10.4 Å². The summed E-state index contributed by atoms with van der Waals surface area (Å²) in [6.45, 7) is 2.92. The van der Waals surface area contributed by atoms with Crippen molar-refractivity contribution >= 4 is 15.9 Å². The summed E-state index contributed by atoms with van der Waals surface area (Å²) in [6, 6.07) is 5.24. The second kappa shape index (κ2) is 5.25. The van der Waals surface area contributed by atoms with Crippen LogP contribution in [0.4, 0.5) is 4.39 Å². The van der Waals surface area contributed by atoms with Crippen molar-refractivity contribution in [1.82, 2.24) is 4.90 Å². The Morgan fingerprint density at radius 1 is 1.50 bits per heavy atom. The molecule has 1 aromatic carbocycles. The van der Waals surface area contributed by atoms with Crippen molar-refractivity contribution in [3.63, 3.8) is 0 Å². The van der Waals surface area contributed by atoms with Crippen LogP contribution in [0.1, 0.15) is 12.0 Å². The summed E-state index contributed by atoms with van der Waals surface area (Å²) in [5, 5.41) is 9.04. The number of halogens is 2. The molecule has 2 nitrogen and oxygen atoms in total. The number of rotatable bonds is 3. The van der Waals surface area contributed by atoms with Gasteiger partial charge in [-0.05, 0) is 52.5 Å². The van der Waals surface area contributed by atoms with Crippen LogP contribution in [0, 0.1) is 11.7 Å². The lowest BCUT2D eigenvalue weighted by Crippen LogP contribution is -2.21. The van der Waals surface area contributed by atoms with Gasteiger partial charge in [0, 0.05) is 19.7 Å². The lowest BCUT2D eigenvalue weighted by atomic mass is 10.1. The van der Waals surface area contributed by atoms with Gasteiger partial charge in [-0.1, -0.05) is 6.07 Å². The topological polar surface area (TPSA) is 23.5 Å². The van der Waals surface area contributed by atoms with Gasteiger partial charge in [0.05, 0.1) is 4.47 Å². The fraction of sp³-hybridized carbons (Fsp3) is 0.500. The Kier molecular flexibility index (Phi) is 3.95. The van der Waals surface area contributed by atoms with Gasteiger partial charge in [-0.15, -0.1) is 0 Å². The molecule has 0 radical (unpaired) electrons. The first kappa shape index (κ1) is 12.0. The summed E-state index contributed by atoms with van der Waals surface area (Å²) in [5.74, 6) is 0.177. The maximum atomic E-state index is 13.3. The molecule has 0 bridgehead atoms. The summed E-state index contributed by atoms with van der Waals surface area (Å²) in [4.78, 5) is 2.25. The molecule has 4 heteroatoms. The van der Waals surface area contributed by atoms with Crippen LogP contribution in [-0.4, -0.2) is 29.7 Å². The van der Waals surface area contributed by atoms with Crippen LogP contribution in [0.5, 0.6) is 0 Å². The van der Waals surface area contributed by atoms with Crippen LogP contribution in [0.25, 0.3) is 0 Å². The maximum absolute atomic E-state index is 13.3. The highest BCUT2D eigenvalue weighted by Crippen LogP contribution is 2.21. The third-order valence-corrected chi connectivity index (χ3v) is 3.66. The first-order valence-electron chi connectivity index (χ1n) is 5.46. The van der Waals surface area contributed by atoms with Crippen LogP contribution in [-0.2, 0) is 6.54 Å². The van der Waals surface area contributed by atoms with Crippen LogP contribution in [0.2, 0.25) is 0 Å². The molecule has 88 valence electrons. The summed E-state index contributed by atoms with van der Waals surface area (Å²) >= 11 is 3.14. The smallest absolute Gasteiger partial charge is 0.137 e. The van der Waals surface area contributed by atoms with Crippen molar-refractivity contribution in [2.45, 2.75) is 13.0 Å². The van der Waals surface area contributed by atoms with Gasteiger partial charge in [-0.2, -0.15) is 0 Å². The predicted molar refractivity (Wildman–Crippen MR) is 64.6 cm³/mol. The molecule has 1 aliphatic rings. The summed E-state index contributed by atoms with van der Waals surface area (Å²) in [6.07, 6.45) is 1.04. The Morgan fingerprint density at radius 2 is 2.31 bits per heavy atom. The first-order valence-corrected chi connectivity index (χ1v) is 6.25. The Hall–Kier alpha value is -0.450. The lowest BCUT2D eigenvalue weighted by molar-refractivity contribution is 0.220. The van der Waals surface area contributed by atoms with Crippen molar-refractivity contribution < 1.29 is 9.50 Å². The molecule has 0 aromatic heterocycles. The fourth-order valence-electron chi connectivity index (χ4n) is 2.10. The molecule has 1 aliphatic heterocycles. The summed E-state index contributed by atoms with van der Waals surface area (Å²) in [7, 11) is 0. The molecule has 16 heavy (non-hydrogen) atoms. The highest BCUT2D eigenvalue weighted by atomic mass is 79.9. The number of hydrogen-bond acceptors (Lipinski definition) is 2. The monoisotopic (exact) mass is 287 g/mol. The molecule has 0 aliphatic carbocycles. The van der Waals surface area contributed by atoms with Crippen molar-refractivity contribution in [3.8, 4) is 0 Å². The van der Waals surface area contributed by atoms with Crippen LogP contribution in [0.3, 0.4) is 0 Å². The third-order valence-electron chi connectivity index (χ3n) is 3.02. The van der Waals surface area contributed by atoms with Crippen LogP contribution in [0.15, 0.2) is 22.7 Å². The molecule has 1 saturated heterocycles. The molecule has 1 atom stereocenters. The van der Waals surface area contributed by atoms with E-state index in [1.54, 1.807) is 12.1 Å². The normalized spacial score (nSPS) is 21.6. The average Bonchev–Trinajstić information content (AvgIpc) is 2.71. The number of hydrogen-bond donors (Lipinski definition) is 1. The minimum absolute atomic E-state index is 0.213. The quantitative estimate of drug-likeness (QED) is 0.923. The van der Waals surface area contributed by atoms with E-state index in [-0.39, 0.29) is 12.4 Å². The Bertz CT molecular complexity index is 372. The molecule has 0 saturated carbocycles. The number of aliphatic hydroxyl groups is 1. The van der Waals surface area contributed by atoms with E-state index in [4.69, 9.17) is 5.11 Å². The van der Waals surface area contributed by atoms with Crippen molar-refractivity contribution in [1.29, 1.82) is 0 Å². The minimum Gasteiger partial charge on any atom is -0.396 e. The predicted octanol–water partition coefficient (Wildman–Crippen LogP) is 2.40. The zero-order valence-electron chi connectivity index (χ0n) is 9.00. The third kappa shape index (κ3) is 2.81. The minimum atomic E-state index is -0.213. The van der Waals surface area contributed by atoms with E-state index in [0.717, 1.165) is 31.6 Å². The highest BCUT2D eigenvalue weighted by molar-refractivity contribution is 9.10. The van der Waals surface area contributed by atoms with Gasteiger partial charge in [0.1, 0.15) is 5.82 Å². The van der Waals surface area contributed by atoms with Gasteiger partial charge in [0.15, 0.2) is 0 Å². The summed E-state index contributed by atoms with van der Waals surface area (Å²) < 4.78 is 13.8. The maximum Gasteiger partial charge on any atom is 0.137 e. The molecule has 0 amide bonds.